The summed E-state index contributed by atoms with van der Waals surface area (Å²) in [4.78, 5) is 0. The van der Waals surface area contributed by atoms with Gasteiger partial charge < -0.3 is 0 Å². The van der Waals surface area contributed by atoms with E-state index in [9.17, 15) is 17.6 Å². The maximum atomic E-state index is 15.1. The topological polar surface area (TPSA) is 0 Å². The van der Waals surface area contributed by atoms with Crippen LogP contribution >= 0.6 is 0 Å². The fourth-order valence-corrected chi connectivity index (χ4v) is 3.80. The largest absolute Gasteiger partial charge is 0.419 e. The molecule has 0 atom stereocenters. The van der Waals surface area contributed by atoms with E-state index in [1.54, 1.807) is 24.3 Å². The fraction of sp³-hybridized carbons (Fsp3) is 0.172. The van der Waals surface area contributed by atoms with Crippen molar-refractivity contribution < 1.29 is 22.0 Å². The Morgan fingerprint density at radius 2 is 1.38 bits per heavy atom. The number of benzene rings is 4. The van der Waals surface area contributed by atoms with Gasteiger partial charge in [0.2, 0.25) is 0 Å². The lowest BCUT2D eigenvalue weighted by Gasteiger charge is -2.10. The molecule has 0 amide bonds. The summed E-state index contributed by atoms with van der Waals surface area (Å²) in [5.41, 5.74) is 2.40. The Labute approximate surface area is 195 Å². The van der Waals surface area contributed by atoms with E-state index in [1.165, 1.54) is 11.6 Å². The molecular formula is C29H21F5. The summed E-state index contributed by atoms with van der Waals surface area (Å²) in [5, 5.41) is 1.14. The molecule has 4 aromatic rings. The van der Waals surface area contributed by atoms with Crippen molar-refractivity contribution >= 4 is 10.8 Å². The third-order valence-electron chi connectivity index (χ3n) is 5.77. The molecule has 0 saturated heterocycles. The summed E-state index contributed by atoms with van der Waals surface area (Å²) >= 11 is 0. The van der Waals surface area contributed by atoms with Crippen LogP contribution in [0.1, 0.15) is 40.3 Å². The summed E-state index contributed by atoms with van der Waals surface area (Å²) in [6, 6.07) is 19.5. The Morgan fingerprint density at radius 1 is 0.706 bits per heavy atom. The van der Waals surface area contributed by atoms with Crippen LogP contribution in [0.5, 0.6) is 0 Å². The van der Waals surface area contributed by atoms with Gasteiger partial charge in [-0.1, -0.05) is 55.2 Å². The van der Waals surface area contributed by atoms with Crippen LogP contribution in [0.25, 0.3) is 10.8 Å². The lowest BCUT2D eigenvalue weighted by Crippen LogP contribution is -2.08. The minimum atomic E-state index is -4.74. The molecule has 0 saturated carbocycles. The molecule has 172 valence electrons. The third kappa shape index (κ3) is 5.28. The summed E-state index contributed by atoms with van der Waals surface area (Å²) in [5.74, 6) is 4.51. The average molecular weight is 464 g/mol. The van der Waals surface area contributed by atoms with Crippen molar-refractivity contribution in [2.75, 3.05) is 0 Å². The number of rotatable bonds is 4. The molecule has 0 radical (unpaired) electrons. The van der Waals surface area contributed by atoms with E-state index in [0.717, 1.165) is 29.7 Å². The van der Waals surface area contributed by atoms with Crippen molar-refractivity contribution in [3.63, 3.8) is 0 Å². The molecule has 0 spiro atoms. The average Bonchev–Trinajstić information content (AvgIpc) is 2.82. The molecule has 0 N–H and O–H groups in total. The van der Waals surface area contributed by atoms with Crippen LogP contribution in [-0.4, -0.2) is 0 Å². The van der Waals surface area contributed by atoms with Gasteiger partial charge in [-0.15, -0.1) is 0 Å². The number of alkyl halides is 3. The number of fused-ring (bicyclic) bond motifs is 1. The Bertz CT molecular complexity index is 1390. The third-order valence-corrected chi connectivity index (χ3v) is 5.77. The molecule has 0 nitrogen and oxygen atoms in total. The van der Waals surface area contributed by atoms with Gasteiger partial charge in [0.05, 0.1) is 5.56 Å². The minimum absolute atomic E-state index is 0.220. The van der Waals surface area contributed by atoms with Gasteiger partial charge in [0.1, 0.15) is 11.6 Å². The Kier molecular flexibility index (Phi) is 6.70. The lowest BCUT2D eigenvalue weighted by atomic mass is 9.98. The van der Waals surface area contributed by atoms with E-state index in [4.69, 9.17) is 0 Å². The maximum absolute atomic E-state index is 15.1. The first kappa shape index (κ1) is 23.5. The molecule has 4 rings (SSSR count). The van der Waals surface area contributed by atoms with Crippen molar-refractivity contribution in [2.24, 2.45) is 0 Å². The second-order valence-electron chi connectivity index (χ2n) is 8.09. The van der Waals surface area contributed by atoms with Gasteiger partial charge in [0.15, 0.2) is 0 Å². The zero-order valence-corrected chi connectivity index (χ0v) is 18.4. The van der Waals surface area contributed by atoms with Gasteiger partial charge in [-0.2, -0.15) is 13.2 Å². The lowest BCUT2D eigenvalue weighted by molar-refractivity contribution is -0.140. The SMILES string of the molecule is CCc1ccc(C#Cc2ccc3c(F)c(CCc4ccc(C(F)(F)F)c(F)c4)ccc3c2)cc1. The highest BCUT2D eigenvalue weighted by Gasteiger charge is 2.33. The van der Waals surface area contributed by atoms with E-state index in [1.807, 2.05) is 30.3 Å². The summed E-state index contributed by atoms with van der Waals surface area (Å²) < 4.78 is 67.0. The molecule has 0 aliphatic carbocycles. The molecule has 5 heteroatoms. The van der Waals surface area contributed by atoms with Crippen LogP contribution in [0.15, 0.2) is 72.8 Å². The van der Waals surface area contributed by atoms with Crippen molar-refractivity contribution in [3.05, 3.63) is 118 Å². The molecular weight excluding hydrogens is 443 g/mol. The number of hydrogen-bond donors (Lipinski definition) is 0. The van der Waals surface area contributed by atoms with Crippen molar-refractivity contribution in [2.45, 2.75) is 32.4 Å². The van der Waals surface area contributed by atoms with E-state index in [0.29, 0.717) is 21.9 Å². The summed E-state index contributed by atoms with van der Waals surface area (Å²) in [6.07, 6.45) is -3.32. The highest BCUT2D eigenvalue weighted by atomic mass is 19.4. The number of halogens is 5. The number of aryl methyl sites for hydroxylation is 3. The molecule has 0 aliphatic heterocycles. The highest BCUT2D eigenvalue weighted by molar-refractivity contribution is 5.85. The Balaban J connectivity index is 1.51. The highest BCUT2D eigenvalue weighted by Crippen LogP contribution is 2.32. The predicted octanol–water partition coefficient (Wildman–Crippen LogP) is 7.88. The Morgan fingerprint density at radius 3 is 2.06 bits per heavy atom. The summed E-state index contributed by atoms with van der Waals surface area (Å²) in [6.45, 7) is 2.09. The second kappa shape index (κ2) is 9.69. The minimum Gasteiger partial charge on any atom is -0.206 e. The normalized spacial score (nSPS) is 11.4. The van der Waals surface area contributed by atoms with E-state index in [-0.39, 0.29) is 18.7 Å². The van der Waals surface area contributed by atoms with Crippen LogP contribution in [0.4, 0.5) is 22.0 Å². The second-order valence-corrected chi connectivity index (χ2v) is 8.09. The predicted molar refractivity (Wildman–Crippen MR) is 125 cm³/mol. The van der Waals surface area contributed by atoms with Crippen LogP contribution in [-0.2, 0) is 25.4 Å². The molecule has 0 aliphatic rings. The van der Waals surface area contributed by atoms with Gasteiger partial charge in [0.25, 0.3) is 0 Å². The van der Waals surface area contributed by atoms with E-state index >= 15 is 4.39 Å². The standard InChI is InChI=1S/C29H21F5/c1-2-19-3-5-20(6-4-19)7-8-21-10-15-25-24(17-21)14-13-23(28(25)31)12-9-22-11-16-26(27(30)18-22)29(32,33)34/h3-6,10-11,13-18H,2,9,12H2,1H3. The van der Waals surface area contributed by atoms with Crippen LogP contribution in [0.3, 0.4) is 0 Å². The molecule has 34 heavy (non-hydrogen) atoms. The quantitative estimate of drug-likeness (QED) is 0.213. The van der Waals surface area contributed by atoms with Crippen molar-refractivity contribution in [1.82, 2.24) is 0 Å². The van der Waals surface area contributed by atoms with Gasteiger partial charge >= 0.3 is 6.18 Å². The van der Waals surface area contributed by atoms with E-state index in [2.05, 4.69) is 18.8 Å². The zero-order valence-electron chi connectivity index (χ0n) is 18.4. The molecule has 4 aromatic carbocycles. The number of hydrogen-bond acceptors (Lipinski definition) is 0. The monoisotopic (exact) mass is 464 g/mol. The van der Waals surface area contributed by atoms with E-state index < -0.39 is 17.6 Å². The van der Waals surface area contributed by atoms with Crippen LogP contribution < -0.4 is 0 Å². The molecule has 0 fully saturated rings. The first-order valence-corrected chi connectivity index (χ1v) is 10.9. The Hall–Kier alpha value is -3.65. The fourth-order valence-electron chi connectivity index (χ4n) is 3.80. The van der Waals surface area contributed by atoms with Crippen molar-refractivity contribution in [1.29, 1.82) is 0 Å². The first-order chi connectivity index (χ1) is 16.2. The first-order valence-electron chi connectivity index (χ1n) is 10.9. The van der Waals surface area contributed by atoms with Crippen molar-refractivity contribution in [3.8, 4) is 11.8 Å². The van der Waals surface area contributed by atoms with Crippen LogP contribution in [0.2, 0.25) is 0 Å². The van der Waals surface area contributed by atoms with Gasteiger partial charge in [-0.25, -0.2) is 8.78 Å². The maximum Gasteiger partial charge on any atom is 0.419 e. The van der Waals surface area contributed by atoms with Gasteiger partial charge in [-0.05, 0) is 77.7 Å². The van der Waals surface area contributed by atoms with Gasteiger partial charge in [-0.3, -0.25) is 0 Å². The molecule has 0 heterocycles. The molecule has 0 unspecified atom stereocenters. The molecule has 0 aromatic heterocycles. The molecule has 0 bridgehead atoms. The van der Waals surface area contributed by atoms with Crippen LogP contribution in [0, 0.1) is 23.5 Å². The smallest absolute Gasteiger partial charge is 0.206 e. The summed E-state index contributed by atoms with van der Waals surface area (Å²) in [7, 11) is 0. The van der Waals surface area contributed by atoms with Gasteiger partial charge in [0, 0.05) is 16.5 Å². The zero-order chi connectivity index (χ0) is 24.3.